The number of benzene rings is 1. The van der Waals surface area contributed by atoms with Crippen molar-refractivity contribution in [3.05, 3.63) is 23.8 Å². The molecule has 0 aromatic heterocycles. The van der Waals surface area contributed by atoms with E-state index < -0.39 is 10.0 Å². The Hall–Kier alpha value is -1.60. The summed E-state index contributed by atoms with van der Waals surface area (Å²) < 4.78 is 28.3. The zero-order valence-electron chi connectivity index (χ0n) is 12.1. The molecule has 7 heteroatoms. The molecule has 1 aliphatic rings. The van der Waals surface area contributed by atoms with Gasteiger partial charge in [0, 0.05) is 6.04 Å². The first-order valence-electron chi connectivity index (χ1n) is 6.90. The molecule has 0 radical (unpaired) electrons. The number of nitrogens with two attached hydrogens (primary N) is 1. The first-order valence-corrected chi connectivity index (χ1v) is 8.44. The number of rotatable bonds is 4. The van der Waals surface area contributed by atoms with Crippen LogP contribution in [0.4, 0.5) is 0 Å². The van der Waals surface area contributed by atoms with Crippen LogP contribution in [0.15, 0.2) is 23.1 Å². The quantitative estimate of drug-likeness (QED) is 0.859. The van der Waals surface area contributed by atoms with Crippen LogP contribution < -0.4 is 15.2 Å². The molecule has 0 bridgehead atoms. The van der Waals surface area contributed by atoms with Gasteiger partial charge in [0.25, 0.3) is 0 Å². The molecule has 1 aromatic rings. The van der Waals surface area contributed by atoms with Crippen LogP contribution in [-0.4, -0.2) is 27.0 Å². The Morgan fingerprint density at radius 3 is 2.86 bits per heavy atom. The van der Waals surface area contributed by atoms with Crippen LogP contribution in [-0.2, 0) is 21.2 Å². The highest BCUT2D eigenvalue weighted by Gasteiger charge is 2.27. The van der Waals surface area contributed by atoms with Gasteiger partial charge in [-0.15, -0.1) is 0 Å². The van der Waals surface area contributed by atoms with Crippen molar-refractivity contribution in [1.29, 1.82) is 0 Å². The third kappa shape index (κ3) is 3.74. The summed E-state index contributed by atoms with van der Waals surface area (Å²) in [7, 11) is -3.75. The fourth-order valence-corrected chi connectivity index (χ4v) is 2.74. The van der Waals surface area contributed by atoms with E-state index in [0.717, 1.165) is 6.42 Å². The Labute approximate surface area is 124 Å². The van der Waals surface area contributed by atoms with Crippen molar-refractivity contribution in [2.75, 3.05) is 6.61 Å². The normalized spacial score (nSPS) is 19.3. The van der Waals surface area contributed by atoms with E-state index in [2.05, 4.69) is 5.32 Å². The van der Waals surface area contributed by atoms with Crippen molar-refractivity contribution in [1.82, 2.24) is 5.32 Å². The minimum atomic E-state index is -3.75. The van der Waals surface area contributed by atoms with Crippen LogP contribution in [0.1, 0.15) is 25.8 Å². The van der Waals surface area contributed by atoms with Crippen LogP contribution >= 0.6 is 0 Å². The van der Waals surface area contributed by atoms with E-state index in [4.69, 9.17) is 9.88 Å². The molecule has 0 aliphatic carbocycles. The highest BCUT2D eigenvalue weighted by Crippen LogP contribution is 2.29. The molecular weight excluding hydrogens is 292 g/mol. The van der Waals surface area contributed by atoms with E-state index in [1.165, 1.54) is 12.1 Å². The average Bonchev–Trinajstić information content (AvgIpc) is 2.44. The summed E-state index contributed by atoms with van der Waals surface area (Å²) in [6.45, 7) is 4.23. The second-order valence-electron chi connectivity index (χ2n) is 5.34. The van der Waals surface area contributed by atoms with Gasteiger partial charge in [-0.3, -0.25) is 4.79 Å². The maximum absolute atomic E-state index is 12.1. The molecule has 2 unspecified atom stereocenters. The molecule has 21 heavy (non-hydrogen) atoms. The third-order valence-electron chi connectivity index (χ3n) is 3.64. The summed E-state index contributed by atoms with van der Waals surface area (Å²) in [5.41, 5.74) is 0.692. The minimum absolute atomic E-state index is 0.0350. The molecule has 1 aliphatic heterocycles. The Morgan fingerprint density at radius 1 is 1.52 bits per heavy atom. The monoisotopic (exact) mass is 312 g/mol. The van der Waals surface area contributed by atoms with Crippen molar-refractivity contribution in [3.8, 4) is 5.75 Å². The van der Waals surface area contributed by atoms with Gasteiger partial charge in [-0.2, -0.15) is 0 Å². The van der Waals surface area contributed by atoms with Gasteiger partial charge in [-0.1, -0.05) is 6.92 Å². The fourth-order valence-electron chi connectivity index (χ4n) is 2.18. The number of primary sulfonamides is 1. The molecular formula is C14H20N2O4S. The van der Waals surface area contributed by atoms with Gasteiger partial charge >= 0.3 is 0 Å². The number of nitrogens with one attached hydrogen (secondary N) is 1. The zero-order valence-corrected chi connectivity index (χ0v) is 12.9. The lowest BCUT2D eigenvalue weighted by Gasteiger charge is -2.26. The predicted octanol–water partition coefficient (Wildman–Crippen LogP) is 0.800. The van der Waals surface area contributed by atoms with Crippen LogP contribution in [0.25, 0.3) is 0 Å². The highest BCUT2D eigenvalue weighted by molar-refractivity contribution is 7.89. The van der Waals surface area contributed by atoms with Crippen molar-refractivity contribution in [3.63, 3.8) is 0 Å². The van der Waals surface area contributed by atoms with Gasteiger partial charge in [0.15, 0.2) is 0 Å². The van der Waals surface area contributed by atoms with E-state index in [1.54, 1.807) is 6.07 Å². The lowest BCUT2D eigenvalue weighted by atomic mass is 9.95. The summed E-state index contributed by atoms with van der Waals surface area (Å²) in [4.78, 5) is 12.2. The van der Waals surface area contributed by atoms with E-state index in [-0.39, 0.29) is 22.8 Å². The molecule has 2 atom stereocenters. The molecule has 6 nitrogen and oxygen atoms in total. The summed E-state index contributed by atoms with van der Waals surface area (Å²) >= 11 is 0. The average molecular weight is 312 g/mol. The Morgan fingerprint density at radius 2 is 2.24 bits per heavy atom. The molecule has 0 spiro atoms. The molecule has 116 valence electrons. The molecule has 1 heterocycles. The van der Waals surface area contributed by atoms with Crippen molar-refractivity contribution in [2.24, 2.45) is 11.1 Å². The second-order valence-corrected chi connectivity index (χ2v) is 6.91. The van der Waals surface area contributed by atoms with Crippen LogP contribution in [0.3, 0.4) is 0 Å². The largest absolute Gasteiger partial charge is 0.492 e. The van der Waals surface area contributed by atoms with E-state index in [0.29, 0.717) is 24.3 Å². The van der Waals surface area contributed by atoms with Crippen molar-refractivity contribution in [2.45, 2.75) is 37.6 Å². The number of sulfonamides is 1. The van der Waals surface area contributed by atoms with Crippen molar-refractivity contribution < 1.29 is 17.9 Å². The smallest absolute Gasteiger partial charge is 0.238 e. The molecule has 1 amide bonds. The summed E-state index contributed by atoms with van der Waals surface area (Å²) in [5.74, 6) is 0.216. The molecule has 1 aromatic carbocycles. The topological polar surface area (TPSA) is 98.5 Å². The van der Waals surface area contributed by atoms with Gasteiger partial charge in [0.05, 0.1) is 10.8 Å². The molecule has 0 saturated carbocycles. The first-order chi connectivity index (χ1) is 9.81. The minimum Gasteiger partial charge on any atom is -0.492 e. The van der Waals surface area contributed by atoms with Crippen LogP contribution in [0.5, 0.6) is 5.75 Å². The number of fused-ring (bicyclic) bond motifs is 1. The number of carbonyl (C=O) groups is 1. The Bertz CT molecular complexity index is 642. The van der Waals surface area contributed by atoms with E-state index in [9.17, 15) is 13.2 Å². The number of hydrogen-bond acceptors (Lipinski definition) is 4. The maximum Gasteiger partial charge on any atom is 0.238 e. The number of amides is 1. The third-order valence-corrected chi connectivity index (χ3v) is 4.55. The number of hydrogen-bond donors (Lipinski definition) is 2. The van der Waals surface area contributed by atoms with Gasteiger partial charge in [-0.05, 0) is 43.5 Å². The van der Waals surface area contributed by atoms with Gasteiger partial charge in [0.2, 0.25) is 15.9 Å². The van der Waals surface area contributed by atoms with E-state index in [1.807, 2.05) is 13.8 Å². The lowest BCUT2D eigenvalue weighted by Crippen LogP contribution is -2.41. The number of carbonyl (C=O) groups excluding carboxylic acids is 1. The van der Waals surface area contributed by atoms with Gasteiger partial charge in [-0.25, -0.2) is 13.6 Å². The molecule has 0 fully saturated rings. The van der Waals surface area contributed by atoms with Crippen molar-refractivity contribution >= 4 is 15.9 Å². The lowest BCUT2D eigenvalue weighted by molar-refractivity contribution is -0.126. The summed E-state index contributed by atoms with van der Waals surface area (Å²) in [6, 6.07) is 4.58. The predicted molar refractivity (Wildman–Crippen MR) is 78.4 cm³/mol. The molecule has 2 rings (SSSR count). The molecule has 3 N–H and O–H groups in total. The van der Waals surface area contributed by atoms with Crippen LogP contribution in [0, 0.1) is 5.92 Å². The zero-order chi connectivity index (χ0) is 15.6. The first kappa shape index (κ1) is 15.8. The highest BCUT2D eigenvalue weighted by atomic mass is 32.2. The number of ether oxygens (including phenoxy) is 1. The van der Waals surface area contributed by atoms with Crippen LogP contribution in [0.2, 0.25) is 0 Å². The maximum atomic E-state index is 12.1. The summed E-state index contributed by atoms with van der Waals surface area (Å²) in [6.07, 6.45) is 1.30. The Kier molecular flexibility index (Phi) is 4.53. The summed E-state index contributed by atoms with van der Waals surface area (Å²) in [5, 5.41) is 8.03. The van der Waals surface area contributed by atoms with Gasteiger partial charge < -0.3 is 10.1 Å². The van der Waals surface area contributed by atoms with E-state index >= 15 is 0 Å². The molecule has 0 saturated heterocycles. The SMILES string of the molecule is CCC(C)NC(=O)C1COc2ccc(S(N)(=O)=O)cc2C1. The Balaban J connectivity index is 2.17. The fraction of sp³-hybridized carbons (Fsp3) is 0.500. The van der Waals surface area contributed by atoms with Gasteiger partial charge in [0.1, 0.15) is 12.4 Å². The standard InChI is InChI=1S/C14H20N2O4S/c1-3-9(2)16-14(17)11-6-10-7-12(21(15,18)19)4-5-13(10)20-8-11/h4-5,7,9,11H,3,6,8H2,1-2H3,(H,16,17)(H2,15,18,19). The second kappa shape index (κ2) is 6.03.